The molecule has 0 spiro atoms. The molecule has 38 heavy (non-hydrogen) atoms. The highest BCUT2D eigenvalue weighted by Gasteiger charge is 2.32. The number of hydrogen-bond donors (Lipinski definition) is 1. The Kier molecular flexibility index (Phi) is 8.05. The zero-order valence-electron chi connectivity index (χ0n) is 20.2. The summed E-state index contributed by atoms with van der Waals surface area (Å²) in [6.45, 7) is 1.46. The fourth-order valence-electron chi connectivity index (χ4n) is 4.28. The molecule has 0 aliphatic carbocycles. The molecule has 1 aromatic heterocycles. The lowest BCUT2D eigenvalue weighted by Crippen LogP contribution is -2.36. The van der Waals surface area contributed by atoms with Gasteiger partial charge in [-0.3, -0.25) is 14.3 Å². The predicted octanol–water partition coefficient (Wildman–Crippen LogP) is 4.30. The first-order valence-electron chi connectivity index (χ1n) is 11.6. The number of amides is 1. The minimum absolute atomic E-state index is 0.0126. The Morgan fingerprint density at radius 2 is 2.00 bits per heavy atom. The summed E-state index contributed by atoms with van der Waals surface area (Å²) in [7, 11) is -3.64. The minimum Gasteiger partial charge on any atom is -0.493 e. The quantitative estimate of drug-likeness (QED) is 0.401. The molecular weight excluding hydrogens is 549 g/mol. The SMILES string of the molecule is CS(=O)(=O)NC(=O)[C@H]1CCN(CCCOc2cc(C(F)(F)F)ccc2-c2cc(=O)c3cccc(Cl)c3o2)C1. The van der Waals surface area contributed by atoms with Gasteiger partial charge in [-0.1, -0.05) is 17.7 Å². The normalized spacial score (nSPS) is 16.6. The molecule has 1 fully saturated rings. The van der Waals surface area contributed by atoms with Crippen molar-refractivity contribution in [3.63, 3.8) is 0 Å². The number of nitrogens with one attached hydrogen (secondary N) is 1. The van der Waals surface area contributed by atoms with E-state index in [1.165, 1.54) is 24.3 Å². The Balaban J connectivity index is 1.48. The molecule has 3 aromatic rings. The molecule has 1 atom stereocenters. The molecule has 1 amide bonds. The number of carbonyl (C=O) groups is 1. The molecule has 0 radical (unpaired) electrons. The fourth-order valence-corrected chi connectivity index (χ4v) is 5.03. The molecule has 1 N–H and O–H groups in total. The standard InChI is InChI=1S/C25H24ClF3N2O6S/c1-38(34,35)30-24(33)15-8-10-31(14-15)9-3-11-36-21-12-16(25(27,28)29)6-7-18(21)22-13-20(32)17-4-2-5-19(26)23(17)37-22/h2,4-7,12-13,15H,3,8-11,14H2,1H3,(H,30,33)/t15-/m0/s1. The van der Waals surface area contributed by atoms with Gasteiger partial charge in [0, 0.05) is 19.2 Å². The molecular formula is C25H24ClF3N2O6S. The number of rotatable bonds is 8. The van der Waals surface area contributed by atoms with E-state index in [4.69, 9.17) is 20.8 Å². The van der Waals surface area contributed by atoms with Gasteiger partial charge in [-0.25, -0.2) is 8.42 Å². The van der Waals surface area contributed by atoms with E-state index in [9.17, 15) is 31.2 Å². The molecule has 4 rings (SSSR count). The van der Waals surface area contributed by atoms with Crippen LogP contribution in [0.4, 0.5) is 13.2 Å². The highest BCUT2D eigenvalue weighted by molar-refractivity contribution is 7.89. The number of halogens is 4. The zero-order valence-corrected chi connectivity index (χ0v) is 21.8. The molecule has 0 saturated carbocycles. The summed E-state index contributed by atoms with van der Waals surface area (Å²) in [6.07, 6.45) is -2.79. The number of hydrogen-bond acceptors (Lipinski definition) is 7. The Hall–Kier alpha value is -3.09. The molecule has 1 aliphatic rings. The van der Waals surface area contributed by atoms with Gasteiger partial charge >= 0.3 is 6.18 Å². The van der Waals surface area contributed by atoms with Gasteiger partial charge in [0.1, 0.15) is 11.5 Å². The van der Waals surface area contributed by atoms with Gasteiger partial charge in [-0.05, 0) is 49.7 Å². The summed E-state index contributed by atoms with van der Waals surface area (Å²) in [5.41, 5.74) is -1.04. The van der Waals surface area contributed by atoms with Crippen LogP contribution in [0.2, 0.25) is 5.02 Å². The Morgan fingerprint density at radius 3 is 2.71 bits per heavy atom. The van der Waals surface area contributed by atoms with Crippen molar-refractivity contribution in [1.82, 2.24) is 9.62 Å². The van der Waals surface area contributed by atoms with Crippen LogP contribution in [0.5, 0.6) is 5.75 Å². The van der Waals surface area contributed by atoms with E-state index in [-0.39, 0.29) is 39.7 Å². The number of ether oxygens (including phenoxy) is 1. The maximum atomic E-state index is 13.4. The lowest BCUT2D eigenvalue weighted by molar-refractivity contribution is -0.137. The van der Waals surface area contributed by atoms with Crippen molar-refractivity contribution < 1.29 is 35.5 Å². The molecule has 13 heteroatoms. The number of sulfonamides is 1. The molecule has 2 heterocycles. The lowest BCUT2D eigenvalue weighted by Gasteiger charge is -2.17. The second-order valence-electron chi connectivity index (χ2n) is 9.03. The highest BCUT2D eigenvalue weighted by Crippen LogP contribution is 2.38. The van der Waals surface area contributed by atoms with Gasteiger partial charge < -0.3 is 14.1 Å². The average molecular weight is 573 g/mol. The van der Waals surface area contributed by atoms with E-state index < -0.39 is 39.0 Å². The summed E-state index contributed by atoms with van der Waals surface area (Å²) in [4.78, 5) is 26.6. The van der Waals surface area contributed by atoms with Crippen LogP contribution >= 0.6 is 11.6 Å². The van der Waals surface area contributed by atoms with E-state index in [0.717, 1.165) is 18.4 Å². The Morgan fingerprint density at radius 1 is 1.24 bits per heavy atom. The maximum Gasteiger partial charge on any atom is 0.416 e. The molecule has 1 saturated heterocycles. The van der Waals surface area contributed by atoms with Gasteiger partial charge in [0.15, 0.2) is 11.0 Å². The third-order valence-corrected chi connectivity index (χ3v) is 6.96. The van der Waals surface area contributed by atoms with Gasteiger partial charge in [0.25, 0.3) is 0 Å². The summed E-state index contributed by atoms with van der Waals surface area (Å²) in [6, 6.07) is 8.76. The highest BCUT2D eigenvalue weighted by atomic mass is 35.5. The van der Waals surface area contributed by atoms with E-state index >= 15 is 0 Å². The average Bonchev–Trinajstić information content (AvgIpc) is 3.30. The Labute approximate surface area is 221 Å². The second kappa shape index (κ2) is 11.0. The van der Waals surface area contributed by atoms with Crippen LogP contribution in [0, 0.1) is 5.92 Å². The first-order chi connectivity index (χ1) is 17.8. The van der Waals surface area contributed by atoms with E-state index in [0.29, 0.717) is 32.5 Å². The lowest BCUT2D eigenvalue weighted by atomic mass is 10.1. The van der Waals surface area contributed by atoms with Gasteiger partial charge in [-0.2, -0.15) is 13.2 Å². The van der Waals surface area contributed by atoms with Crippen molar-refractivity contribution in [2.45, 2.75) is 19.0 Å². The summed E-state index contributed by atoms with van der Waals surface area (Å²) >= 11 is 6.17. The second-order valence-corrected chi connectivity index (χ2v) is 11.2. The predicted molar refractivity (Wildman–Crippen MR) is 136 cm³/mol. The number of alkyl halides is 3. The van der Waals surface area contributed by atoms with Crippen molar-refractivity contribution in [1.29, 1.82) is 0 Å². The van der Waals surface area contributed by atoms with Crippen LogP contribution in [-0.2, 0) is 21.0 Å². The van der Waals surface area contributed by atoms with Crippen molar-refractivity contribution >= 4 is 38.5 Å². The molecule has 0 unspecified atom stereocenters. The maximum absolute atomic E-state index is 13.4. The van der Waals surface area contributed by atoms with Crippen LogP contribution in [0.15, 0.2) is 51.7 Å². The van der Waals surface area contributed by atoms with E-state index in [1.54, 1.807) is 6.07 Å². The summed E-state index contributed by atoms with van der Waals surface area (Å²) < 4.78 is 76.3. The fraction of sp³-hybridized carbons (Fsp3) is 0.360. The zero-order chi connectivity index (χ0) is 27.7. The third kappa shape index (κ3) is 6.66. The number of benzene rings is 2. The third-order valence-electron chi connectivity index (χ3n) is 6.09. The van der Waals surface area contributed by atoms with Crippen molar-refractivity contribution in [2.75, 3.05) is 32.5 Å². The monoisotopic (exact) mass is 572 g/mol. The van der Waals surface area contributed by atoms with Gasteiger partial charge in [-0.15, -0.1) is 0 Å². The minimum atomic E-state index is -4.61. The number of para-hydroxylation sites is 1. The molecule has 0 bridgehead atoms. The largest absolute Gasteiger partial charge is 0.493 e. The van der Waals surface area contributed by atoms with E-state index in [1.807, 2.05) is 9.62 Å². The van der Waals surface area contributed by atoms with E-state index in [2.05, 4.69) is 0 Å². The first kappa shape index (κ1) is 27.9. The first-order valence-corrected chi connectivity index (χ1v) is 13.9. The van der Waals surface area contributed by atoms with Crippen molar-refractivity contribution in [2.24, 2.45) is 5.92 Å². The van der Waals surface area contributed by atoms with Crippen LogP contribution in [0.3, 0.4) is 0 Å². The number of fused-ring (bicyclic) bond motifs is 1. The van der Waals surface area contributed by atoms with Gasteiger partial charge in [0.2, 0.25) is 15.9 Å². The molecule has 204 valence electrons. The van der Waals surface area contributed by atoms with Crippen LogP contribution in [0.1, 0.15) is 18.4 Å². The topological polar surface area (TPSA) is 106 Å². The molecule has 2 aromatic carbocycles. The molecule has 1 aliphatic heterocycles. The van der Waals surface area contributed by atoms with Crippen LogP contribution in [0.25, 0.3) is 22.3 Å². The summed E-state index contributed by atoms with van der Waals surface area (Å²) in [5, 5.41) is 0.426. The number of carbonyl (C=O) groups excluding carboxylic acids is 1. The van der Waals surface area contributed by atoms with Crippen LogP contribution in [-0.4, -0.2) is 51.7 Å². The van der Waals surface area contributed by atoms with Crippen molar-refractivity contribution in [3.05, 3.63) is 63.3 Å². The smallest absolute Gasteiger partial charge is 0.416 e. The van der Waals surface area contributed by atoms with Gasteiger partial charge in [0.05, 0.1) is 40.3 Å². The Bertz CT molecular complexity index is 1520. The summed E-state index contributed by atoms with van der Waals surface area (Å²) in [5.74, 6) is -1.13. The number of likely N-dealkylation sites (tertiary alicyclic amines) is 1. The number of nitrogens with zero attached hydrogens (tertiary/aromatic N) is 1. The van der Waals surface area contributed by atoms with Crippen molar-refractivity contribution in [3.8, 4) is 17.1 Å². The molecule has 8 nitrogen and oxygen atoms in total. The van der Waals surface area contributed by atoms with Crippen LogP contribution < -0.4 is 14.9 Å².